The first-order valence-corrected chi connectivity index (χ1v) is 7.45. The van der Waals surface area contributed by atoms with Crippen LogP contribution in [0.4, 0.5) is 0 Å². The van der Waals surface area contributed by atoms with Gasteiger partial charge < -0.3 is 11.1 Å². The Morgan fingerprint density at radius 2 is 2.50 bits per heavy atom. The van der Waals surface area contributed by atoms with E-state index in [-0.39, 0.29) is 11.8 Å². The normalized spacial score (nSPS) is 20.8. The van der Waals surface area contributed by atoms with Gasteiger partial charge in [-0.3, -0.25) is 9.69 Å². The Bertz CT molecular complexity index is 366. The van der Waals surface area contributed by atoms with Crippen molar-refractivity contribution >= 4 is 17.2 Å². The second kappa shape index (κ2) is 6.87. The Hall–Kier alpha value is -0.910. The molecular formula is C13H21N3OS. The molecule has 1 fully saturated rings. The molecule has 2 heterocycles. The monoisotopic (exact) mass is 267 g/mol. The van der Waals surface area contributed by atoms with Gasteiger partial charge in [0.1, 0.15) is 0 Å². The van der Waals surface area contributed by atoms with Gasteiger partial charge in [-0.1, -0.05) is 0 Å². The van der Waals surface area contributed by atoms with Crippen LogP contribution in [-0.2, 0) is 11.3 Å². The zero-order valence-electron chi connectivity index (χ0n) is 10.6. The summed E-state index contributed by atoms with van der Waals surface area (Å²) in [5.41, 5.74) is 6.75. The third-order valence-electron chi connectivity index (χ3n) is 3.31. The molecule has 0 bridgehead atoms. The summed E-state index contributed by atoms with van der Waals surface area (Å²) in [6.07, 6.45) is 2.10. The zero-order chi connectivity index (χ0) is 12.8. The van der Waals surface area contributed by atoms with E-state index in [0.29, 0.717) is 13.1 Å². The van der Waals surface area contributed by atoms with Gasteiger partial charge in [0, 0.05) is 26.2 Å². The first kappa shape index (κ1) is 13.5. The van der Waals surface area contributed by atoms with Crippen LogP contribution in [-0.4, -0.2) is 37.0 Å². The molecule has 1 aliphatic rings. The smallest absolute Gasteiger partial charge is 0.224 e. The highest BCUT2D eigenvalue weighted by Crippen LogP contribution is 2.19. The number of rotatable bonds is 5. The summed E-state index contributed by atoms with van der Waals surface area (Å²) in [6, 6.07) is 2.16. The number of piperidine rings is 1. The quantitative estimate of drug-likeness (QED) is 0.838. The van der Waals surface area contributed by atoms with Gasteiger partial charge in [-0.2, -0.15) is 11.3 Å². The number of nitrogens with zero attached hydrogens (tertiary/aromatic N) is 1. The molecule has 5 heteroatoms. The number of hydrogen-bond acceptors (Lipinski definition) is 4. The number of nitrogens with one attached hydrogen (secondary N) is 1. The van der Waals surface area contributed by atoms with E-state index >= 15 is 0 Å². The van der Waals surface area contributed by atoms with Gasteiger partial charge in [0.15, 0.2) is 0 Å². The third-order valence-corrected chi connectivity index (χ3v) is 4.04. The molecule has 2 rings (SSSR count). The van der Waals surface area contributed by atoms with E-state index in [9.17, 15) is 4.79 Å². The number of amides is 1. The van der Waals surface area contributed by atoms with Crippen molar-refractivity contribution in [2.24, 2.45) is 11.7 Å². The number of hydrogen-bond donors (Lipinski definition) is 2. The van der Waals surface area contributed by atoms with Crippen molar-refractivity contribution in [3.05, 3.63) is 22.4 Å². The molecule has 0 spiro atoms. The minimum atomic E-state index is 0.129. The topological polar surface area (TPSA) is 58.4 Å². The van der Waals surface area contributed by atoms with E-state index in [1.807, 2.05) is 0 Å². The Balaban J connectivity index is 1.82. The molecule has 1 saturated heterocycles. The highest BCUT2D eigenvalue weighted by atomic mass is 32.1. The summed E-state index contributed by atoms with van der Waals surface area (Å²) < 4.78 is 0. The van der Waals surface area contributed by atoms with Crippen LogP contribution in [0.25, 0.3) is 0 Å². The molecule has 18 heavy (non-hydrogen) atoms. The average Bonchev–Trinajstić information content (AvgIpc) is 2.89. The van der Waals surface area contributed by atoms with Crippen molar-refractivity contribution < 1.29 is 4.79 Å². The lowest BCUT2D eigenvalue weighted by Crippen LogP contribution is -2.43. The summed E-state index contributed by atoms with van der Waals surface area (Å²) in [4.78, 5) is 14.3. The third kappa shape index (κ3) is 3.80. The fraction of sp³-hybridized carbons (Fsp3) is 0.615. The molecule has 100 valence electrons. The van der Waals surface area contributed by atoms with E-state index < -0.39 is 0 Å². The summed E-state index contributed by atoms with van der Waals surface area (Å²) in [5.74, 6) is 0.291. The maximum absolute atomic E-state index is 11.9. The van der Waals surface area contributed by atoms with Crippen molar-refractivity contribution in [2.45, 2.75) is 19.4 Å². The van der Waals surface area contributed by atoms with Crippen LogP contribution in [0.5, 0.6) is 0 Å². The Morgan fingerprint density at radius 3 is 3.22 bits per heavy atom. The molecule has 3 N–H and O–H groups in total. The highest BCUT2D eigenvalue weighted by Gasteiger charge is 2.25. The Labute approximate surface area is 112 Å². The first-order valence-electron chi connectivity index (χ1n) is 6.51. The molecule has 1 unspecified atom stereocenters. The molecule has 0 radical (unpaired) electrons. The second-order valence-corrected chi connectivity index (χ2v) is 5.57. The summed E-state index contributed by atoms with van der Waals surface area (Å²) in [5, 5.41) is 7.17. The van der Waals surface area contributed by atoms with Crippen molar-refractivity contribution in [3.63, 3.8) is 0 Å². The van der Waals surface area contributed by atoms with Gasteiger partial charge in [-0.05, 0) is 41.8 Å². The van der Waals surface area contributed by atoms with Gasteiger partial charge in [0.05, 0.1) is 5.92 Å². The van der Waals surface area contributed by atoms with Crippen LogP contribution in [0, 0.1) is 5.92 Å². The number of thiophene rings is 1. The predicted octanol–water partition coefficient (Wildman–Crippen LogP) is 1.03. The fourth-order valence-corrected chi connectivity index (χ4v) is 3.05. The number of likely N-dealkylation sites (tertiary alicyclic amines) is 1. The highest BCUT2D eigenvalue weighted by molar-refractivity contribution is 7.07. The maximum Gasteiger partial charge on any atom is 0.224 e. The van der Waals surface area contributed by atoms with Gasteiger partial charge >= 0.3 is 0 Å². The second-order valence-electron chi connectivity index (χ2n) is 4.79. The molecule has 4 nitrogen and oxygen atoms in total. The van der Waals surface area contributed by atoms with Gasteiger partial charge in [-0.15, -0.1) is 0 Å². The van der Waals surface area contributed by atoms with Crippen LogP contribution in [0.2, 0.25) is 0 Å². The fourth-order valence-electron chi connectivity index (χ4n) is 2.39. The lowest BCUT2D eigenvalue weighted by Gasteiger charge is -2.31. The lowest BCUT2D eigenvalue weighted by molar-refractivity contribution is -0.126. The maximum atomic E-state index is 11.9. The molecule has 0 aromatic carbocycles. The van der Waals surface area contributed by atoms with Crippen molar-refractivity contribution in [2.75, 3.05) is 26.2 Å². The molecule has 1 aromatic heterocycles. The van der Waals surface area contributed by atoms with Crippen LogP contribution in [0.1, 0.15) is 18.4 Å². The van der Waals surface area contributed by atoms with E-state index in [1.54, 1.807) is 11.3 Å². The summed E-state index contributed by atoms with van der Waals surface area (Å²) in [7, 11) is 0. The van der Waals surface area contributed by atoms with Crippen molar-refractivity contribution in [3.8, 4) is 0 Å². The molecule has 1 aromatic rings. The van der Waals surface area contributed by atoms with E-state index in [4.69, 9.17) is 5.73 Å². The lowest BCUT2D eigenvalue weighted by atomic mass is 9.97. The molecule has 0 saturated carbocycles. The van der Waals surface area contributed by atoms with Crippen LogP contribution >= 0.6 is 11.3 Å². The standard InChI is InChI=1S/C13H21N3OS/c14-4-5-15-13(17)12-2-1-6-16(9-12)8-11-3-7-18-10-11/h3,7,10,12H,1-2,4-6,8-9,14H2,(H,15,17). The predicted molar refractivity (Wildman–Crippen MR) is 74.4 cm³/mol. The average molecular weight is 267 g/mol. The van der Waals surface area contributed by atoms with Crippen molar-refractivity contribution in [1.29, 1.82) is 0 Å². The SMILES string of the molecule is NCCNC(=O)C1CCCN(Cc2ccsc2)C1. The van der Waals surface area contributed by atoms with Crippen LogP contribution in [0.15, 0.2) is 16.8 Å². The zero-order valence-corrected chi connectivity index (χ0v) is 11.4. The van der Waals surface area contributed by atoms with Gasteiger partial charge in [0.2, 0.25) is 5.91 Å². The van der Waals surface area contributed by atoms with Gasteiger partial charge in [0.25, 0.3) is 0 Å². The molecule has 1 amide bonds. The van der Waals surface area contributed by atoms with Crippen LogP contribution in [0.3, 0.4) is 0 Å². The molecule has 1 aliphatic heterocycles. The van der Waals surface area contributed by atoms with Crippen molar-refractivity contribution in [1.82, 2.24) is 10.2 Å². The van der Waals surface area contributed by atoms with Crippen LogP contribution < -0.4 is 11.1 Å². The summed E-state index contributed by atoms with van der Waals surface area (Å²) >= 11 is 1.73. The van der Waals surface area contributed by atoms with E-state index in [0.717, 1.165) is 32.5 Å². The molecule has 1 atom stereocenters. The van der Waals surface area contributed by atoms with Gasteiger partial charge in [-0.25, -0.2) is 0 Å². The first-order chi connectivity index (χ1) is 8.79. The number of carbonyl (C=O) groups is 1. The Morgan fingerprint density at radius 1 is 1.61 bits per heavy atom. The largest absolute Gasteiger partial charge is 0.355 e. The van der Waals surface area contributed by atoms with E-state index in [1.165, 1.54) is 5.56 Å². The minimum absolute atomic E-state index is 0.129. The van der Waals surface area contributed by atoms with E-state index in [2.05, 4.69) is 27.0 Å². The summed E-state index contributed by atoms with van der Waals surface area (Å²) in [6.45, 7) is 4.02. The molecular weight excluding hydrogens is 246 g/mol. The molecule has 0 aliphatic carbocycles. The number of nitrogens with two attached hydrogens (primary N) is 1. The minimum Gasteiger partial charge on any atom is -0.355 e. The Kier molecular flexibility index (Phi) is 5.16. The number of carbonyl (C=O) groups excluding carboxylic acids is 1.